The molecule has 1 saturated carbocycles. The zero-order valence-electron chi connectivity index (χ0n) is 12.5. The first kappa shape index (κ1) is 14.4. The van der Waals surface area contributed by atoms with E-state index in [0.29, 0.717) is 0 Å². The van der Waals surface area contributed by atoms with Crippen LogP contribution >= 0.6 is 0 Å². The number of piperidine rings is 1. The number of nitrogens with two attached hydrogens (primary N) is 1. The van der Waals surface area contributed by atoms with Gasteiger partial charge in [0.05, 0.1) is 0 Å². The van der Waals surface area contributed by atoms with Crippen LogP contribution in [0.5, 0.6) is 0 Å². The molecule has 2 fully saturated rings. The maximum Gasteiger partial charge on any atom is 0.170 e. The summed E-state index contributed by atoms with van der Waals surface area (Å²) < 4.78 is 0. The molecule has 4 nitrogen and oxygen atoms in total. The van der Waals surface area contributed by atoms with Crippen LogP contribution in [0.3, 0.4) is 0 Å². The minimum Gasteiger partial charge on any atom is -0.409 e. The zero-order chi connectivity index (χ0) is 14.7. The van der Waals surface area contributed by atoms with Gasteiger partial charge in [0, 0.05) is 18.7 Å². The average molecular weight is 287 g/mol. The zero-order valence-corrected chi connectivity index (χ0v) is 12.5. The van der Waals surface area contributed by atoms with Crippen molar-refractivity contribution >= 4 is 5.84 Å². The highest BCUT2D eigenvalue weighted by Gasteiger charge is 2.30. The molecular formula is C17H25N3O. The Balaban J connectivity index is 1.59. The van der Waals surface area contributed by atoms with E-state index in [2.05, 4.69) is 22.2 Å². The molecule has 21 heavy (non-hydrogen) atoms. The van der Waals surface area contributed by atoms with Crippen molar-refractivity contribution in [2.75, 3.05) is 13.1 Å². The second-order valence-corrected chi connectivity index (χ2v) is 6.51. The monoisotopic (exact) mass is 287 g/mol. The van der Waals surface area contributed by atoms with Gasteiger partial charge in [-0.05, 0) is 36.8 Å². The Kier molecular flexibility index (Phi) is 4.44. The van der Waals surface area contributed by atoms with Gasteiger partial charge >= 0.3 is 0 Å². The van der Waals surface area contributed by atoms with E-state index < -0.39 is 0 Å². The Hall–Kier alpha value is -1.55. The van der Waals surface area contributed by atoms with Gasteiger partial charge < -0.3 is 10.9 Å². The standard InChI is InChI=1S/C17H25N3O/c18-17(19-21)15-7-5-13(6-8-15)11-20-10-9-14-3-1-2-4-16(14)12-20/h5-8,14,16,21H,1-4,9-12H2,(H2,18,19). The van der Waals surface area contributed by atoms with Crippen molar-refractivity contribution in [2.45, 2.75) is 38.6 Å². The lowest BCUT2D eigenvalue weighted by molar-refractivity contribution is 0.0820. The first-order valence-electron chi connectivity index (χ1n) is 8.05. The van der Waals surface area contributed by atoms with Gasteiger partial charge in [-0.3, -0.25) is 4.90 Å². The second kappa shape index (κ2) is 6.48. The van der Waals surface area contributed by atoms with Crippen LogP contribution in [0.15, 0.2) is 29.4 Å². The van der Waals surface area contributed by atoms with Crippen LogP contribution in [0.4, 0.5) is 0 Å². The highest BCUT2D eigenvalue weighted by atomic mass is 16.4. The van der Waals surface area contributed by atoms with Gasteiger partial charge in [-0.1, -0.05) is 48.7 Å². The first-order valence-corrected chi connectivity index (χ1v) is 8.05. The molecule has 0 radical (unpaired) electrons. The third kappa shape index (κ3) is 3.38. The second-order valence-electron chi connectivity index (χ2n) is 6.51. The molecule has 1 aliphatic carbocycles. The number of rotatable bonds is 3. The van der Waals surface area contributed by atoms with Crippen LogP contribution in [0.2, 0.25) is 0 Å². The Bertz CT molecular complexity index is 497. The lowest BCUT2D eigenvalue weighted by atomic mass is 9.75. The average Bonchev–Trinajstić information content (AvgIpc) is 2.55. The molecule has 2 unspecified atom stereocenters. The summed E-state index contributed by atoms with van der Waals surface area (Å²) in [6.07, 6.45) is 7.10. The van der Waals surface area contributed by atoms with Crippen molar-refractivity contribution in [3.05, 3.63) is 35.4 Å². The molecule has 1 heterocycles. The largest absolute Gasteiger partial charge is 0.409 e. The number of benzene rings is 1. The van der Waals surface area contributed by atoms with E-state index in [1.165, 1.54) is 50.8 Å². The number of nitrogens with zero attached hydrogens (tertiary/aromatic N) is 2. The van der Waals surface area contributed by atoms with Crippen molar-refractivity contribution in [1.29, 1.82) is 0 Å². The molecule has 3 rings (SSSR count). The van der Waals surface area contributed by atoms with Crippen LogP contribution in [-0.4, -0.2) is 29.0 Å². The fraction of sp³-hybridized carbons (Fsp3) is 0.588. The fourth-order valence-corrected chi connectivity index (χ4v) is 3.92. The van der Waals surface area contributed by atoms with Gasteiger partial charge in [0.25, 0.3) is 0 Å². The third-order valence-electron chi connectivity index (χ3n) is 5.14. The van der Waals surface area contributed by atoms with Crippen LogP contribution in [0.1, 0.15) is 43.2 Å². The maximum absolute atomic E-state index is 8.68. The summed E-state index contributed by atoms with van der Waals surface area (Å²) >= 11 is 0. The molecule has 0 aromatic heterocycles. The Morgan fingerprint density at radius 3 is 2.57 bits per heavy atom. The molecule has 0 amide bonds. The van der Waals surface area contributed by atoms with E-state index in [1.54, 1.807) is 0 Å². The van der Waals surface area contributed by atoms with Crippen LogP contribution in [-0.2, 0) is 6.54 Å². The lowest BCUT2D eigenvalue weighted by Gasteiger charge is -2.41. The Morgan fingerprint density at radius 2 is 1.86 bits per heavy atom. The molecule has 0 bridgehead atoms. The van der Waals surface area contributed by atoms with Crippen molar-refractivity contribution in [1.82, 2.24) is 4.90 Å². The molecule has 2 aliphatic rings. The van der Waals surface area contributed by atoms with Gasteiger partial charge in [-0.15, -0.1) is 0 Å². The minimum absolute atomic E-state index is 0.171. The Morgan fingerprint density at radius 1 is 1.14 bits per heavy atom. The Labute approximate surface area is 126 Å². The molecule has 0 spiro atoms. The minimum atomic E-state index is 0.171. The number of hydrogen-bond acceptors (Lipinski definition) is 3. The number of oxime groups is 1. The van der Waals surface area contributed by atoms with E-state index in [4.69, 9.17) is 10.9 Å². The summed E-state index contributed by atoms with van der Waals surface area (Å²) in [5.74, 6) is 2.08. The van der Waals surface area contributed by atoms with Crippen molar-refractivity contribution < 1.29 is 5.21 Å². The van der Waals surface area contributed by atoms with E-state index in [9.17, 15) is 0 Å². The summed E-state index contributed by atoms with van der Waals surface area (Å²) in [4.78, 5) is 2.59. The lowest BCUT2D eigenvalue weighted by Crippen LogP contribution is -2.41. The van der Waals surface area contributed by atoms with Gasteiger partial charge in [-0.25, -0.2) is 0 Å². The van der Waals surface area contributed by atoms with Gasteiger partial charge in [-0.2, -0.15) is 0 Å². The van der Waals surface area contributed by atoms with Crippen molar-refractivity contribution in [3.8, 4) is 0 Å². The first-order chi connectivity index (χ1) is 10.3. The van der Waals surface area contributed by atoms with Crippen molar-refractivity contribution in [2.24, 2.45) is 22.7 Å². The molecule has 1 saturated heterocycles. The summed E-state index contributed by atoms with van der Waals surface area (Å²) in [6.45, 7) is 3.50. The molecule has 3 N–H and O–H groups in total. The quantitative estimate of drug-likeness (QED) is 0.389. The van der Waals surface area contributed by atoms with Crippen molar-refractivity contribution in [3.63, 3.8) is 0 Å². The summed E-state index contributed by atoms with van der Waals surface area (Å²) in [6, 6.07) is 8.02. The molecule has 1 aromatic rings. The van der Waals surface area contributed by atoms with Gasteiger partial charge in [0.1, 0.15) is 0 Å². The number of amidine groups is 1. The maximum atomic E-state index is 8.68. The SMILES string of the molecule is N/C(=N\O)c1ccc(CN2CCC3CCCCC3C2)cc1. The summed E-state index contributed by atoms with van der Waals surface area (Å²) in [5, 5.41) is 11.7. The molecule has 2 atom stereocenters. The topological polar surface area (TPSA) is 61.9 Å². The number of likely N-dealkylation sites (tertiary alicyclic amines) is 1. The molecule has 4 heteroatoms. The number of hydrogen-bond donors (Lipinski definition) is 2. The molecular weight excluding hydrogens is 262 g/mol. The summed E-state index contributed by atoms with van der Waals surface area (Å²) in [5.41, 5.74) is 7.67. The van der Waals surface area contributed by atoms with E-state index in [1.807, 2.05) is 12.1 Å². The highest BCUT2D eigenvalue weighted by Crippen LogP contribution is 2.36. The van der Waals surface area contributed by atoms with E-state index in [-0.39, 0.29) is 5.84 Å². The highest BCUT2D eigenvalue weighted by molar-refractivity contribution is 5.96. The normalized spacial score (nSPS) is 27.3. The van der Waals surface area contributed by atoms with Gasteiger partial charge in [0.2, 0.25) is 0 Å². The van der Waals surface area contributed by atoms with Crippen LogP contribution in [0.25, 0.3) is 0 Å². The van der Waals surface area contributed by atoms with Crippen LogP contribution < -0.4 is 5.73 Å². The summed E-state index contributed by atoms with van der Waals surface area (Å²) in [7, 11) is 0. The predicted molar refractivity (Wildman–Crippen MR) is 84.3 cm³/mol. The van der Waals surface area contributed by atoms with E-state index >= 15 is 0 Å². The molecule has 114 valence electrons. The molecule has 1 aromatic carbocycles. The third-order valence-corrected chi connectivity index (χ3v) is 5.14. The van der Waals surface area contributed by atoms with E-state index in [0.717, 1.165) is 23.9 Å². The smallest absolute Gasteiger partial charge is 0.170 e. The fourth-order valence-electron chi connectivity index (χ4n) is 3.92. The number of fused-ring (bicyclic) bond motifs is 1. The molecule has 1 aliphatic heterocycles. The van der Waals surface area contributed by atoms with Gasteiger partial charge in [0.15, 0.2) is 5.84 Å². The van der Waals surface area contributed by atoms with Crippen LogP contribution in [0, 0.1) is 11.8 Å². The predicted octanol–water partition coefficient (Wildman–Crippen LogP) is 2.79.